The second kappa shape index (κ2) is 8.11. The normalized spacial score (nSPS) is 17.8. The molecule has 0 aromatic heterocycles. The highest BCUT2D eigenvalue weighted by Crippen LogP contribution is 2.44. The molecule has 0 bridgehead atoms. The van der Waals surface area contributed by atoms with Crippen molar-refractivity contribution in [3.05, 3.63) is 101 Å². The lowest BCUT2D eigenvalue weighted by Crippen LogP contribution is -2.29. The number of carbonyl (C=O) groups is 2. The van der Waals surface area contributed by atoms with Crippen LogP contribution in [0.5, 0.6) is 5.75 Å². The zero-order valence-electron chi connectivity index (χ0n) is 17.6. The summed E-state index contributed by atoms with van der Waals surface area (Å²) in [5.41, 5.74) is 3.82. The van der Waals surface area contributed by atoms with E-state index in [4.69, 9.17) is 4.74 Å². The summed E-state index contributed by atoms with van der Waals surface area (Å²) in [7, 11) is 1.52. The second-order valence-electron chi connectivity index (χ2n) is 7.55. The van der Waals surface area contributed by atoms with Crippen LogP contribution in [0, 0.1) is 13.8 Å². The number of ketones is 1. The van der Waals surface area contributed by atoms with Gasteiger partial charge in [-0.25, -0.2) is 0 Å². The van der Waals surface area contributed by atoms with Crippen molar-refractivity contribution in [1.29, 1.82) is 0 Å². The molecule has 156 valence electrons. The molecule has 1 aliphatic rings. The van der Waals surface area contributed by atoms with Gasteiger partial charge in [-0.2, -0.15) is 0 Å². The SMILES string of the molecule is COc1ccccc1N1C(=O)C(=O)/C(=C(\O)c2ccc(C)c(C)c2)C1c1ccccc1. The van der Waals surface area contributed by atoms with Crippen LogP contribution in [0.3, 0.4) is 0 Å². The predicted molar refractivity (Wildman–Crippen MR) is 120 cm³/mol. The molecule has 0 radical (unpaired) electrons. The summed E-state index contributed by atoms with van der Waals surface area (Å²) in [5, 5.41) is 11.2. The van der Waals surface area contributed by atoms with E-state index in [0.717, 1.165) is 16.7 Å². The summed E-state index contributed by atoms with van der Waals surface area (Å²) < 4.78 is 5.45. The standard InChI is InChI=1S/C26H23NO4/c1-16-13-14-19(15-17(16)2)24(28)22-23(18-9-5-4-6-10-18)27(26(30)25(22)29)20-11-7-8-12-21(20)31-3/h4-15,23,28H,1-3H3/b24-22-. The van der Waals surface area contributed by atoms with Crippen LogP contribution in [-0.2, 0) is 9.59 Å². The maximum absolute atomic E-state index is 13.2. The molecule has 0 aliphatic carbocycles. The van der Waals surface area contributed by atoms with Crippen LogP contribution < -0.4 is 9.64 Å². The first-order valence-corrected chi connectivity index (χ1v) is 10.0. The third-order valence-corrected chi connectivity index (χ3v) is 5.68. The molecule has 1 heterocycles. The van der Waals surface area contributed by atoms with Gasteiger partial charge in [-0.15, -0.1) is 0 Å². The molecule has 1 saturated heterocycles. The molecular weight excluding hydrogens is 390 g/mol. The number of aliphatic hydroxyl groups is 1. The van der Waals surface area contributed by atoms with E-state index in [1.54, 1.807) is 30.3 Å². The quantitative estimate of drug-likeness (QED) is 0.374. The lowest BCUT2D eigenvalue weighted by molar-refractivity contribution is -0.132. The van der Waals surface area contributed by atoms with Crippen molar-refractivity contribution in [2.45, 2.75) is 19.9 Å². The van der Waals surface area contributed by atoms with Gasteiger partial charge in [-0.3, -0.25) is 14.5 Å². The Morgan fingerprint density at radius 3 is 2.26 bits per heavy atom. The summed E-state index contributed by atoms with van der Waals surface area (Å²) in [6.45, 7) is 3.91. The highest BCUT2D eigenvalue weighted by molar-refractivity contribution is 6.51. The fourth-order valence-electron chi connectivity index (χ4n) is 3.90. The van der Waals surface area contributed by atoms with Gasteiger partial charge in [0.2, 0.25) is 0 Å². The molecule has 3 aromatic carbocycles. The molecule has 0 saturated carbocycles. The molecule has 1 N–H and O–H groups in total. The van der Waals surface area contributed by atoms with Gasteiger partial charge in [0.15, 0.2) is 0 Å². The molecule has 0 spiro atoms. The van der Waals surface area contributed by atoms with E-state index in [1.165, 1.54) is 12.0 Å². The number of Topliss-reactive ketones (excluding diaryl/α,β-unsaturated/α-hetero) is 1. The third-order valence-electron chi connectivity index (χ3n) is 5.68. The number of rotatable bonds is 4. The molecular formula is C26H23NO4. The molecule has 1 fully saturated rings. The largest absolute Gasteiger partial charge is 0.507 e. The molecule has 1 unspecified atom stereocenters. The van der Waals surface area contributed by atoms with Crippen molar-refractivity contribution in [1.82, 2.24) is 0 Å². The van der Waals surface area contributed by atoms with Crippen molar-refractivity contribution in [3.8, 4) is 5.75 Å². The topological polar surface area (TPSA) is 66.8 Å². The Kier molecular flexibility index (Phi) is 5.34. The van der Waals surface area contributed by atoms with Crippen LogP contribution in [0.4, 0.5) is 5.69 Å². The van der Waals surface area contributed by atoms with Crippen molar-refractivity contribution in [2.75, 3.05) is 12.0 Å². The zero-order valence-corrected chi connectivity index (χ0v) is 17.6. The van der Waals surface area contributed by atoms with Crippen molar-refractivity contribution < 1.29 is 19.4 Å². The average Bonchev–Trinajstić information content (AvgIpc) is 3.06. The lowest BCUT2D eigenvalue weighted by atomic mass is 9.94. The number of hydrogen-bond donors (Lipinski definition) is 1. The summed E-state index contributed by atoms with van der Waals surface area (Å²) in [4.78, 5) is 27.8. The van der Waals surface area contributed by atoms with Crippen molar-refractivity contribution >= 4 is 23.1 Å². The van der Waals surface area contributed by atoms with Crippen molar-refractivity contribution in [2.24, 2.45) is 0 Å². The first kappa shape index (κ1) is 20.4. The summed E-state index contributed by atoms with van der Waals surface area (Å²) in [5.74, 6) is -1.15. The molecule has 5 heteroatoms. The number of amides is 1. The van der Waals surface area contributed by atoms with Gasteiger partial charge in [-0.05, 0) is 48.7 Å². The Hall–Kier alpha value is -3.86. The molecule has 1 amide bonds. The Morgan fingerprint density at radius 1 is 0.903 bits per heavy atom. The fourth-order valence-corrected chi connectivity index (χ4v) is 3.90. The molecule has 4 rings (SSSR count). The fraction of sp³-hybridized carbons (Fsp3) is 0.154. The number of aliphatic hydroxyl groups excluding tert-OH is 1. The van der Waals surface area contributed by atoms with Gasteiger partial charge < -0.3 is 9.84 Å². The number of para-hydroxylation sites is 2. The number of ether oxygens (including phenoxy) is 1. The van der Waals surface area contributed by atoms with E-state index in [0.29, 0.717) is 17.0 Å². The zero-order chi connectivity index (χ0) is 22.1. The van der Waals surface area contributed by atoms with Gasteiger partial charge in [-0.1, -0.05) is 54.6 Å². The average molecular weight is 413 g/mol. The van der Waals surface area contributed by atoms with Gasteiger partial charge in [0.05, 0.1) is 24.4 Å². The number of hydrogen-bond acceptors (Lipinski definition) is 4. The first-order chi connectivity index (χ1) is 14.9. The molecule has 1 aliphatic heterocycles. The number of methoxy groups -OCH3 is 1. The number of nitrogens with zero attached hydrogens (tertiary/aromatic N) is 1. The molecule has 5 nitrogen and oxygen atoms in total. The van der Waals surface area contributed by atoms with E-state index >= 15 is 0 Å². The highest BCUT2D eigenvalue weighted by Gasteiger charge is 2.47. The summed E-state index contributed by atoms with van der Waals surface area (Å²) in [6, 6.07) is 21.0. The Balaban J connectivity index is 1.97. The van der Waals surface area contributed by atoms with E-state index in [-0.39, 0.29) is 11.3 Å². The highest BCUT2D eigenvalue weighted by atomic mass is 16.5. The number of anilines is 1. The minimum absolute atomic E-state index is 0.0605. The van der Waals surface area contributed by atoms with E-state index in [9.17, 15) is 14.7 Å². The van der Waals surface area contributed by atoms with Gasteiger partial charge in [0.25, 0.3) is 11.7 Å². The predicted octanol–water partition coefficient (Wildman–Crippen LogP) is 4.94. The number of aryl methyl sites for hydroxylation is 2. The van der Waals surface area contributed by atoms with Crippen LogP contribution in [0.1, 0.15) is 28.3 Å². The maximum atomic E-state index is 13.2. The Bertz CT molecular complexity index is 1200. The molecule has 1 atom stereocenters. The minimum Gasteiger partial charge on any atom is -0.507 e. The van der Waals surface area contributed by atoms with Crippen LogP contribution in [0.25, 0.3) is 5.76 Å². The third kappa shape index (κ3) is 3.48. The van der Waals surface area contributed by atoms with Gasteiger partial charge in [0, 0.05) is 5.56 Å². The first-order valence-electron chi connectivity index (χ1n) is 10.0. The Morgan fingerprint density at radius 2 is 1.58 bits per heavy atom. The van der Waals surface area contributed by atoms with Gasteiger partial charge >= 0.3 is 0 Å². The number of carbonyl (C=O) groups excluding carboxylic acids is 2. The van der Waals surface area contributed by atoms with Crippen LogP contribution in [0.15, 0.2) is 78.4 Å². The monoisotopic (exact) mass is 413 g/mol. The van der Waals surface area contributed by atoms with Crippen LogP contribution in [-0.4, -0.2) is 23.9 Å². The smallest absolute Gasteiger partial charge is 0.300 e. The summed E-state index contributed by atoms with van der Waals surface area (Å²) >= 11 is 0. The molecule has 3 aromatic rings. The maximum Gasteiger partial charge on any atom is 0.300 e. The van der Waals surface area contributed by atoms with Crippen LogP contribution in [0.2, 0.25) is 0 Å². The van der Waals surface area contributed by atoms with E-state index in [1.807, 2.05) is 56.3 Å². The molecule has 31 heavy (non-hydrogen) atoms. The van der Waals surface area contributed by atoms with Crippen LogP contribution >= 0.6 is 0 Å². The number of benzene rings is 3. The van der Waals surface area contributed by atoms with E-state index in [2.05, 4.69) is 0 Å². The van der Waals surface area contributed by atoms with E-state index < -0.39 is 17.7 Å². The Labute approximate surface area is 181 Å². The lowest BCUT2D eigenvalue weighted by Gasteiger charge is -2.26. The second-order valence-corrected chi connectivity index (χ2v) is 7.55. The van der Waals surface area contributed by atoms with Gasteiger partial charge in [0.1, 0.15) is 11.5 Å². The van der Waals surface area contributed by atoms with Crippen molar-refractivity contribution in [3.63, 3.8) is 0 Å². The summed E-state index contributed by atoms with van der Waals surface area (Å²) in [6.07, 6.45) is 0. The minimum atomic E-state index is -0.779.